The number of carbonyl (C=O) groups is 7. The van der Waals surface area contributed by atoms with E-state index in [1.165, 1.54) is 32.1 Å². The van der Waals surface area contributed by atoms with Crippen molar-refractivity contribution in [2.24, 2.45) is 28.1 Å². The molecule has 0 aromatic heterocycles. The molecule has 1 saturated heterocycles. The van der Waals surface area contributed by atoms with Gasteiger partial charge in [-0.15, -0.1) is 13.2 Å². The van der Waals surface area contributed by atoms with Crippen molar-refractivity contribution < 1.29 is 38.7 Å². The van der Waals surface area contributed by atoms with Crippen molar-refractivity contribution in [2.75, 3.05) is 53.4 Å². The van der Waals surface area contributed by atoms with Crippen LogP contribution in [0, 0.1) is 28.1 Å². The Labute approximate surface area is 433 Å². The molecule has 3 fully saturated rings. The van der Waals surface area contributed by atoms with Crippen LogP contribution in [0.2, 0.25) is 0 Å². The Morgan fingerprint density at radius 3 is 1.96 bits per heavy atom. The van der Waals surface area contributed by atoms with E-state index in [4.69, 9.17) is 14.7 Å². The van der Waals surface area contributed by atoms with Gasteiger partial charge in [-0.05, 0) is 87.0 Å². The molecule has 71 heavy (non-hydrogen) atoms. The van der Waals surface area contributed by atoms with Crippen LogP contribution in [-0.4, -0.2) is 123 Å². The molecule has 0 aromatic rings. The SMILES string of the molecule is C=CC(CC/C=C\C)CNC(=O)O.C=CCNC.CC.CC.CCCCCN(C)C(=O)C(NC(=O)NC(CN1CCC(C)(C)CC1=O)C(C)(C)C)C1(C)CCCCC1.O=CC=O.O=CNCCC1CCC1. The molecule has 6 amide bonds. The van der Waals surface area contributed by atoms with Crippen LogP contribution < -0.4 is 26.6 Å². The molecule has 3 aliphatic rings. The molecule has 3 rings (SSSR count). The molecule has 1 aliphatic heterocycles. The van der Waals surface area contributed by atoms with Crippen LogP contribution in [-0.2, 0) is 24.0 Å². The van der Waals surface area contributed by atoms with Gasteiger partial charge in [-0.3, -0.25) is 24.0 Å². The lowest BCUT2D eigenvalue weighted by molar-refractivity contribution is -0.138. The summed E-state index contributed by atoms with van der Waals surface area (Å²) in [5, 5.41) is 22.6. The molecule has 15 heteroatoms. The summed E-state index contributed by atoms with van der Waals surface area (Å²) in [7, 11) is 3.75. The maximum absolute atomic E-state index is 13.6. The van der Waals surface area contributed by atoms with E-state index < -0.39 is 12.1 Å². The van der Waals surface area contributed by atoms with E-state index in [1.807, 2.05) is 65.8 Å². The van der Waals surface area contributed by atoms with E-state index in [1.54, 1.807) is 11.0 Å². The van der Waals surface area contributed by atoms with Crippen molar-refractivity contribution in [3.63, 3.8) is 0 Å². The van der Waals surface area contributed by atoms with Gasteiger partial charge in [0.05, 0.1) is 6.04 Å². The zero-order valence-corrected chi connectivity index (χ0v) is 47.5. The molecule has 0 bridgehead atoms. The highest BCUT2D eigenvalue weighted by Gasteiger charge is 2.43. The highest BCUT2D eigenvalue weighted by atomic mass is 16.4. The molecule has 0 aromatic carbocycles. The van der Waals surface area contributed by atoms with Crippen molar-refractivity contribution in [1.82, 2.24) is 36.4 Å². The van der Waals surface area contributed by atoms with Gasteiger partial charge in [-0.1, -0.05) is 152 Å². The van der Waals surface area contributed by atoms with E-state index >= 15 is 0 Å². The summed E-state index contributed by atoms with van der Waals surface area (Å²) in [6, 6.07) is -1.09. The Hall–Kier alpha value is -4.53. The molecule has 2 aliphatic carbocycles. The van der Waals surface area contributed by atoms with Gasteiger partial charge in [0.15, 0.2) is 12.6 Å². The number of hydrogen-bond donors (Lipinski definition) is 6. The van der Waals surface area contributed by atoms with Gasteiger partial charge in [0, 0.05) is 52.7 Å². The van der Waals surface area contributed by atoms with Gasteiger partial charge in [-0.25, -0.2) is 9.59 Å². The third-order valence-corrected chi connectivity index (χ3v) is 12.7. The number of unbranched alkanes of at least 4 members (excludes halogenated alkanes) is 2. The number of carboxylic acid groups (broad SMARTS) is 1. The first-order chi connectivity index (χ1) is 33.6. The second kappa shape index (κ2) is 45.3. The lowest BCUT2D eigenvalue weighted by atomic mass is 9.70. The van der Waals surface area contributed by atoms with Gasteiger partial charge in [0.25, 0.3) is 0 Å². The van der Waals surface area contributed by atoms with E-state index in [0.29, 0.717) is 32.6 Å². The third-order valence-electron chi connectivity index (χ3n) is 12.7. The monoisotopic (exact) mass is 1010 g/mol. The van der Waals surface area contributed by atoms with Crippen LogP contribution in [0.3, 0.4) is 0 Å². The maximum Gasteiger partial charge on any atom is 0.404 e. The minimum Gasteiger partial charge on any atom is -0.465 e. The zero-order chi connectivity index (χ0) is 55.3. The summed E-state index contributed by atoms with van der Waals surface area (Å²) in [5.74, 6) is 1.30. The number of nitrogens with zero attached hydrogens (tertiary/aromatic N) is 2. The molecular formula is C56H107N7O8. The molecule has 2 saturated carbocycles. The van der Waals surface area contributed by atoms with Crippen molar-refractivity contribution in [1.29, 1.82) is 0 Å². The summed E-state index contributed by atoms with van der Waals surface area (Å²) in [6.45, 7) is 36.1. The van der Waals surface area contributed by atoms with Crippen LogP contribution >= 0.6 is 0 Å². The van der Waals surface area contributed by atoms with Gasteiger partial charge in [0.1, 0.15) is 6.04 Å². The lowest BCUT2D eigenvalue weighted by Crippen LogP contribution is -2.61. The van der Waals surface area contributed by atoms with Crippen LogP contribution in [0.5, 0.6) is 0 Å². The molecule has 414 valence electrons. The number of amides is 6. The van der Waals surface area contributed by atoms with Gasteiger partial charge >= 0.3 is 12.1 Å². The predicted molar refractivity (Wildman–Crippen MR) is 295 cm³/mol. The number of carbonyl (C=O) groups excluding carboxylic acids is 6. The van der Waals surface area contributed by atoms with Crippen molar-refractivity contribution in [2.45, 2.75) is 198 Å². The Kier molecular flexibility index (Phi) is 46.6. The molecular weight excluding hydrogens is 899 g/mol. The number of likely N-dealkylation sites (tertiary alicyclic amines) is 1. The van der Waals surface area contributed by atoms with E-state index in [0.717, 1.165) is 89.6 Å². The molecule has 6 N–H and O–H groups in total. The smallest absolute Gasteiger partial charge is 0.404 e. The first-order valence-corrected chi connectivity index (χ1v) is 26.8. The predicted octanol–water partition coefficient (Wildman–Crippen LogP) is 10.5. The molecule has 0 spiro atoms. The number of urea groups is 1. The van der Waals surface area contributed by atoms with Crippen LogP contribution in [0.4, 0.5) is 9.59 Å². The first-order valence-electron chi connectivity index (χ1n) is 26.8. The van der Waals surface area contributed by atoms with Crippen molar-refractivity contribution in [3.05, 3.63) is 37.5 Å². The first kappa shape index (κ1) is 73.0. The third kappa shape index (κ3) is 37.9. The number of aldehydes is 2. The Balaban J connectivity index is -0.000000517. The second-order valence-corrected chi connectivity index (χ2v) is 20.2. The van der Waals surface area contributed by atoms with E-state index in [2.05, 4.69) is 94.3 Å². The Morgan fingerprint density at radius 1 is 0.930 bits per heavy atom. The summed E-state index contributed by atoms with van der Waals surface area (Å²) < 4.78 is 0. The standard InChI is InChI=1S/C29H54N4O3.C10H17NO2.C7H13NO.C4H9N.C2H2O2.2C2H6/c1-9-10-14-18-32(8)25(35)24(29(7)15-12-11-13-16-29)31-26(36)30-22(27(2,3)4)21-33-19-17-28(5,6)20-23(33)34;1-3-5-6-7-9(4-2)8-11-10(12)13;9-6-8-5-4-7-2-1-3-7;1-3-4-5-2;3-1-2-4;2*1-2/h22,24H,9-21H2,1-8H3,(H2,30,31,36);3-5,9,11H,2,6-8H2,1H3,(H,12,13);6-7H,1-5H2,(H,8,9);3,5H,1,4H2,2H3;1-2H;2*1-2H3/b;5-3-;;;;;. The van der Waals surface area contributed by atoms with Crippen LogP contribution in [0.25, 0.3) is 0 Å². The minimum absolute atomic E-state index is 0.00593. The van der Waals surface area contributed by atoms with Crippen LogP contribution in [0.1, 0.15) is 186 Å². The van der Waals surface area contributed by atoms with Crippen molar-refractivity contribution >= 4 is 42.9 Å². The summed E-state index contributed by atoms with van der Waals surface area (Å²) >= 11 is 0. The summed E-state index contributed by atoms with van der Waals surface area (Å²) in [5.41, 5.74) is -0.463. The number of likely N-dealkylation sites (N-methyl/N-ethyl adjacent to an activating group) is 2. The van der Waals surface area contributed by atoms with E-state index in [9.17, 15) is 24.0 Å². The number of nitrogens with one attached hydrogen (secondary N) is 5. The topological polar surface area (TPSA) is 206 Å². The van der Waals surface area contributed by atoms with Crippen LogP contribution in [0.15, 0.2) is 37.5 Å². The Morgan fingerprint density at radius 2 is 1.54 bits per heavy atom. The fourth-order valence-electron chi connectivity index (χ4n) is 7.83. The molecule has 1 heterocycles. The lowest BCUT2D eigenvalue weighted by Gasteiger charge is -2.43. The van der Waals surface area contributed by atoms with Gasteiger partial charge < -0.3 is 41.5 Å². The highest BCUT2D eigenvalue weighted by Crippen LogP contribution is 2.39. The van der Waals surface area contributed by atoms with Crippen molar-refractivity contribution in [3.8, 4) is 0 Å². The Bertz CT molecular complexity index is 1450. The average Bonchev–Trinajstić information content (AvgIpc) is 3.32. The van der Waals surface area contributed by atoms with Gasteiger partial charge in [0.2, 0.25) is 18.2 Å². The quantitative estimate of drug-likeness (QED) is 0.0249. The highest BCUT2D eigenvalue weighted by molar-refractivity contribution is 6.09. The normalized spacial score (nSPS) is 16.5. The fourth-order valence-corrected chi connectivity index (χ4v) is 7.83. The summed E-state index contributed by atoms with van der Waals surface area (Å²) in [4.78, 5) is 81.1. The average molecular weight is 1010 g/mol. The number of piperidine rings is 1. The largest absolute Gasteiger partial charge is 0.465 e. The zero-order valence-electron chi connectivity index (χ0n) is 47.5. The molecule has 3 unspecified atom stereocenters. The number of hydrogen-bond acceptors (Lipinski definition) is 8. The van der Waals surface area contributed by atoms with E-state index in [-0.39, 0.29) is 58.6 Å². The number of allylic oxidation sites excluding steroid dienone is 2. The molecule has 15 nitrogen and oxygen atoms in total. The summed E-state index contributed by atoms with van der Waals surface area (Å²) in [6.07, 6.45) is 25.0. The fraction of sp³-hybridized carbons (Fsp3) is 0.768. The number of rotatable bonds is 23. The molecule has 0 radical (unpaired) electrons. The molecule has 3 atom stereocenters. The maximum atomic E-state index is 13.6. The van der Waals surface area contributed by atoms with Gasteiger partial charge in [-0.2, -0.15) is 0 Å². The second-order valence-electron chi connectivity index (χ2n) is 20.2. The minimum atomic E-state index is -0.974.